The summed E-state index contributed by atoms with van der Waals surface area (Å²) < 4.78 is 44.8. The lowest BCUT2D eigenvalue weighted by Crippen LogP contribution is -2.38. The van der Waals surface area contributed by atoms with E-state index in [1.165, 1.54) is 6.07 Å². The average molecular weight is 443 g/mol. The van der Waals surface area contributed by atoms with Crippen molar-refractivity contribution in [2.45, 2.75) is 12.6 Å². The van der Waals surface area contributed by atoms with Crippen molar-refractivity contribution < 1.29 is 22.7 Å². The Hall–Kier alpha value is -2.97. The maximum atomic E-state index is 13.2. The van der Waals surface area contributed by atoms with Gasteiger partial charge in [-0.1, -0.05) is 36.4 Å². The van der Waals surface area contributed by atoms with Gasteiger partial charge in [-0.2, -0.15) is 13.2 Å². The fourth-order valence-electron chi connectivity index (χ4n) is 3.79. The Balaban J connectivity index is 1.50. The van der Waals surface area contributed by atoms with Crippen molar-refractivity contribution in [1.29, 1.82) is 0 Å². The Morgan fingerprint density at radius 1 is 1.06 bits per heavy atom. The van der Waals surface area contributed by atoms with E-state index in [-0.39, 0.29) is 11.6 Å². The molecule has 1 saturated heterocycles. The van der Waals surface area contributed by atoms with E-state index in [0.29, 0.717) is 23.2 Å². The number of alkyl halides is 3. The number of aromatic nitrogens is 1. The number of halogens is 3. The molecular formula is C24H24F3N3O2. The lowest BCUT2D eigenvalue weighted by molar-refractivity contribution is -0.137. The Morgan fingerprint density at radius 3 is 2.62 bits per heavy atom. The van der Waals surface area contributed by atoms with Gasteiger partial charge < -0.3 is 10.1 Å². The van der Waals surface area contributed by atoms with Gasteiger partial charge in [0.1, 0.15) is 5.69 Å². The minimum Gasteiger partial charge on any atom is -0.379 e. The highest BCUT2D eigenvalue weighted by Gasteiger charge is 2.30. The summed E-state index contributed by atoms with van der Waals surface area (Å²) >= 11 is 0. The number of morpholine rings is 1. The molecule has 0 radical (unpaired) electrons. The van der Waals surface area contributed by atoms with Gasteiger partial charge in [-0.05, 0) is 36.7 Å². The van der Waals surface area contributed by atoms with Gasteiger partial charge in [-0.3, -0.25) is 9.69 Å². The standard InChI is InChI=1S/C24H24F3N3O2/c25-24(26,27)19-6-1-5-18(16-19)20-7-2-4-17-8-9-21(29-22(17)20)23(31)28-10-3-11-30-12-14-32-15-13-30/h1-2,4-9,16H,3,10-15H2,(H,28,31). The molecule has 168 valence electrons. The Labute approximate surface area is 184 Å². The first-order valence-electron chi connectivity index (χ1n) is 10.6. The molecule has 4 rings (SSSR count). The molecule has 0 bridgehead atoms. The van der Waals surface area contributed by atoms with Crippen LogP contribution in [0.15, 0.2) is 54.6 Å². The van der Waals surface area contributed by atoms with Gasteiger partial charge in [0, 0.05) is 30.6 Å². The number of carbonyl (C=O) groups excluding carboxylic acids is 1. The van der Waals surface area contributed by atoms with Crippen molar-refractivity contribution >= 4 is 16.8 Å². The maximum Gasteiger partial charge on any atom is 0.416 e. The number of nitrogens with zero attached hydrogens (tertiary/aromatic N) is 2. The molecule has 0 atom stereocenters. The molecule has 1 fully saturated rings. The minimum atomic E-state index is -4.43. The molecule has 1 aliphatic rings. The van der Waals surface area contributed by atoms with Gasteiger partial charge in [-0.25, -0.2) is 4.98 Å². The van der Waals surface area contributed by atoms with Gasteiger partial charge in [0.15, 0.2) is 0 Å². The SMILES string of the molecule is O=C(NCCCN1CCOCC1)c1ccc2cccc(-c3cccc(C(F)(F)F)c3)c2n1. The highest BCUT2D eigenvalue weighted by Crippen LogP contribution is 2.34. The molecule has 32 heavy (non-hydrogen) atoms. The van der Waals surface area contributed by atoms with E-state index in [9.17, 15) is 18.0 Å². The zero-order chi connectivity index (χ0) is 22.6. The normalized spacial score (nSPS) is 15.1. The van der Waals surface area contributed by atoms with E-state index in [0.717, 1.165) is 56.8 Å². The number of benzene rings is 2. The third-order valence-corrected chi connectivity index (χ3v) is 5.49. The Morgan fingerprint density at radius 2 is 1.84 bits per heavy atom. The third-order valence-electron chi connectivity index (χ3n) is 5.49. The molecule has 8 heteroatoms. The molecule has 0 unspecified atom stereocenters. The van der Waals surface area contributed by atoms with Crippen LogP contribution in [0.3, 0.4) is 0 Å². The number of nitrogens with one attached hydrogen (secondary N) is 1. The summed E-state index contributed by atoms with van der Waals surface area (Å²) in [4.78, 5) is 19.4. The van der Waals surface area contributed by atoms with Crippen molar-refractivity contribution in [3.05, 3.63) is 65.9 Å². The highest BCUT2D eigenvalue weighted by atomic mass is 19.4. The van der Waals surface area contributed by atoms with Crippen molar-refractivity contribution in [1.82, 2.24) is 15.2 Å². The Bertz CT molecular complexity index is 1100. The first-order chi connectivity index (χ1) is 15.4. The minimum absolute atomic E-state index is 0.239. The van der Waals surface area contributed by atoms with Crippen LogP contribution in [0.2, 0.25) is 0 Å². The zero-order valence-electron chi connectivity index (χ0n) is 17.5. The largest absolute Gasteiger partial charge is 0.416 e. The first kappa shape index (κ1) is 22.2. The number of fused-ring (bicyclic) bond motifs is 1. The number of rotatable bonds is 6. The van der Waals surface area contributed by atoms with Crippen LogP contribution in [0, 0.1) is 0 Å². The van der Waals surface area contributed by atoms with E-state index in [1.807, 2.05) is 6.07 Å². The average Bonchev–Trinajstić information content (AvgIpc) is 2.81. The van der Waals surface area contributed by atoms with Crippen LogP contribution in [-0.4, -0.2) is 55.2 Å². The maximum absolute atomic E-state index is 13.2. The van der Waals surface area contributed by atoms with Gasteiger partial charge in [-0.15, -0.1) is 0 Å². The summed E-state index contributed by atoms with van der Waals surface area (Å²) in [5.74, 6) is -0.298. The second-order valence-corrected chi connectivity index (χ2v) is 7.72. The van der Waals surface area contributed by atoms with Crippen LogP contribution >= 0.6 is 0 Å². The van der Waals surface area contributed by atoms with Crippen LogP contribution in [0.5, 0.6) is 0 Å². The second kappa shape index (κ2) is 9.67. The van der Waals surface area contributed by atoms with Crippen molar-refractivity contribution in [3.8, 4) is 11.1 Å². The van der Waals surface area contributed by atoms with Crippen LogP contribution in [0.1, 0.15) is 22.5 Å². The number of carbonyl (C=O) groups is 1. The molecular weight excluding hydrogens is 419 g/mol. The first-order valence-corrected chi connectivity index (χ1v) is 10.6. The summed E-state index contributed by atoms with van der Waals surface area (Å²) in [6.45, 7) is 4.68. The monoisotopic (exact) mass is 443 g/mol. The molecule has 1 N–H and O–H groups in total. The number of hydrogen-bond acceptors (Lipinski definition) is 4. The smallest absolute Gasteiger partial charge is 0.379 e. The summed E-state index contributed by atoms with van der Waals surface area (Å²) in [6.07, 6.45) is -3.62. The number of para-hydroxylation sites is 1. The predicted molar refractivity (Wildman–Crippen MR) is 116 cm³/mol. The molecule has 2 aromatic carbocycles. The number of amides is 1. The third kappa shape index (κ3) is 5.26. The number of hydrogen-bond donors (Lipinski definition) is 1. The number of ether oxygens (including phenoxy) is 1. The molecule has 1 aliphatic heterocycles. The van der Waals surface area contributed by atoms with Crippen LogP contribution < -0.4 is 5.32 Å². The van der Waals surface area contributed by atoms with Crippen molar-refractivity contribution in [2.24, 2.45) is 0 Å². The summed E-state index contributed by atoms with van der Waals surface area (Å²) in [6, 6.07) is 13.8. The molecule has 2 heterocycles. The van der Waals surface area contributed by atoms with Gasteiger partial charge in [0.2, 0.25) is 0 Å². The fourth-order valence-corrected chi connectivity index (χ4v) is 3.79. The quantitative estimate of drug-likeness (QED) is 0.575. The molecule has 0 spiro atoms. The van der Waals surface area contributed by atoms with Crippen molar-refractivity contribution in [3.63, 3.8) is 0 Å². The van der Waals surface area contributed by atoms with E-state index in [1.54, 1.807) is 30.3 Å². The van der Waals surface area contributed by atoms with E-state index < -0.39 is 11.7 Å². The van der Waals surface area contributed by atoms with Crippen molar-refractivity contribution in [2.75, 3.05) is 39.4 Å². The van der Waals surface area contributed by atoms with Crippen LogP contribution in [0.25, 0.3) is 22.0 Å². The summed E-state index contributed by atoms with van der Waals surface area (Å²) in [5, 5.41) is 3.64. The lowest BCUT2D eigenvalue weighted by atomic mass is 9.99. The van der Waals surface area contributed by atoms with E-state index in [4.69, 9.17) is 4.74 Å². The molecule has 0 saturated carbocycles. The summed E-state index contributed by atoms with van der Waals surface area (Å²) in [5.41, 5.74) is 0.967. The number of pyridine rings is 1. The van der Waals surface area contributed by atoms with E-state index in [2.05, 4.69) is 15.2 Å². The van der Waals surface area contributed by atoms with Gasteiger partial charge >= 0.3 is 6.18 Å². The molecule has 1 amide bonds. The fraction of sp³-hybridized carbons (Fsp3) is 0.333. The predicted octanol–water partition coefficient (Wildman–Crippen LogP) is 4.37. The van der Waals surface area contributed by atoms with Gasteiger partial charge in [0.05, 0.1) is 24.3 Å². The summed E-state index contributed by atoms with van der Waals surface area (Å²) in [7, 11) is 0. The van der Waals surface area contributed by atoms with Gasteiger partial charge in [0.25, 0.3) is 5.91 Å². The molecule has 1 aromatic heterocycles. The second-order valence-electron chi connectivity index (χ2n) is 7.72. The molecule has 5 nitrogen and oxygen atoms in total. The highest BCUT2D eigenvalue weighted by molar-refractivity contribution is 5.99. The molecule has 0 aliphatic carbocycles. The lowest BCUT2D eigenvalue weighted by Gasteiger charge is -2.26. The Kier molecular flexibility index (Phi) is 6.72. The topological polar surface area (TPSA) is 54.5 Å². The zero-order valence-corrected chi connectivity index (χ0v) is 17.5. The molecule has 3 aromatic rings. The van der Waals surface area contributed by atoms with E-state index >= 15 is 0 Å². The van der Waals surface area contributed by atoms with Crippen LogP contribution in [0.4, 0.5) is 13.2 Å². The van der Waals surface area contributed by atoms with Crippen LogP contribution in [-0.2, 0) is 10.9 Å².